The quantitative estimate of drug-likeness (QED) is 0.671. The number of amides is 1. The van der Waals surface area contributed by atoms with Gasteiger partial charge < -0.3 is 14.8 Å². The molecule has 1 fully saturated rings. The maximum absolute atomic E-state index is 14.1. The van der Waals surface area contributed by atoms with Gasteiger partial charge in [-0.25, -0.2) is 13.2 Å². The lowest BCUT2D eigenvalue weighted by Crippen LogP contribution is -2.33. The van der Waals surface area contributed by atoms with E-state index < -0.39 is 41.3 Å². The Morgan fingerprint density at radius 1 is 1.29 bits per heavy atom. The van der Waals surface area contributed by atoms with Crippen molar-refractivity contribution < 1.29 is 27.4 Å². The van der Waals surface area contributed by atoms with Gasteiger partial charge in [0.2, 0.25) is 0 Å². The number of ether oxygens (including phenoxy) is 2. The van der Waals surface area contributed by atoms with Gasteiger partial charge in [0.05, 0.1) is 30.2 Å². The SMILES string of the molecule is CCc1ccc(NC(=O)[C@@H]2OC(C)(C)[C@@H](C)[C@H]2c2ccc(F)c(C(F)F)c2OC)cn1. The van der Waals surface area contributed by atoms with E-state index in [4.69, 9.17) is 9.47 Å². The van der Waals surface area contributed by atoms with Crippen LogP contribution < -0.4 is 10.1 Å². The van der Waals surface area contributed by atoms with Crippen molar-refractivity contribution in [1.82, 2.24) is 4.98 Å². The molecule has 1 amide bonds. The Labute approximate surface area is 180 Å². The summed E-state index contributed by atoms with van der Waals surface area (Å²) in [5.41, 5.74) is 0.174. The van der Waals surface area contributed by atoms with Crippen LogP contribution in [0.5, 0.6) is 5.75 Å². The van der Waals surface area contributed by atoms with Crippen LogP contribution in [-0.2, 0) is 16.0 Å². The molecule has 0 radical (unpaired) electrons. The number of hydrogen-bond acceptors (Lipinski definition) is 4. The molecular weight excluding hydrogens is 409 g/mol. The molecule has 2 heterocycles. The van der Waals surface area contributed by atoms with E-state index in [2.05, 4.69) is 10.3 Å². The highest BCUT2D eigenvalue weighted by Gasteiger charge is 2.51. The lowest BCUT2D eigenvalue weighted by molar-refractivity contribution is -0.131. The zero-order valence-electron chi connectivity index (χ0n) is 18.2. The summed E-state index contributed by atoms with van der Waals surface area (Å²) < 4.78 is 52.5. The molecule has 0 bridgehead atoms. The number of rotatable bonds is 6. The summed E-state index contributed by atoms with van der Waals surface area (Å²) in [7, 11) is 1.21. The van der Waals surface area contributed by atoms with Gasteiger partial charge in [-0.05, 0) is 44.4 Å². The molecule has 0 unspecified atom stereocenters. The van der Waals surface area contributed by atoms with E-state index in [1.54, 1.807) is 12.3 Å². The van der Waals surface area contributed by atoms with Gasteiger partial charge in [-0.15, -0.1) is 0 Å². The zero-order chi connectivity index (χ0) is 22.9. The van der Waals surface area contributed by atoms with Crippen LogP contribution in [0.2, 0.25) is 0 Å². The predicted octanol–water partition coefficient (Wildman–Crippen LogP) is 5.27. The second-order valence-electron chi connectivity index (χ2n) is 8.22. The number of carbonyl (C=O) groups excluding carboxylic acids is 1. The summed E-state index contributed by atoms with van der Waals surface area (Å²) in [6.07, 6.45) is -1.72. The first kappa shape index (κ1) is 23.1. The normalized spacial score (nSPS) is 22.5. The van der Waals surface area contributed by atoms with E-state index in [1.807, 2.05) is 33.8 Å². The molecule has 1 aromatic carbocycles. The van der Waals surface area contributed by atoms with Crippen LogP contribution in [0, 0.1) is 11.7 Å². The molecule has 0 aliphatic carbocycles. The molecule has 1 N–H and O–H groups in total. The lowest BCUT2D eigenvalue weighted by Gasteiger charge is -2.26. The molecule has 0 saturated carbocycles. The van der Waals surface area contributed by atoms with Crippen LogP contribution in [-0.4, -0.2) is 29.7 Å². The third kappa shape index (κ3) is 4.39. The van der Waals surface area contributed by atoms with Crippen molar-refractivity contribution in [3.8, 4) is 5.75 Å². The van der Waals surface area contributed by atoms with E-state index in [0.29, 0.717) is 11.3 Å². The first-order chi connectivity index (χ1) is 14.6. The Morgan fingerprint density at radius 2 is 2.00 bits per heavy atom. The molecule has 8 heteroatoms. The minimum absolute atomic E-state index is 0.242. The van der Waals surface area contributed by atoms with Crippen LogP contribution in [0.15, 0.2) is 30.5 Å². The number of anilines is 1. The number of methoxy groups -OCH3 is 1. The number of aryl methyl sites for hydroxylation is 1. The fourth-order valence-corrected chi connectivity index (χ4v) is 4.06. The summed E-state index contributed by atoms with van der Waals surface area (Å²) in [6, 6.07) is 5.94. The van der Waals surface area contributed by atoms with Gasteiger partial charge in [0.15, 0.2) is 0 Å². The van der Waals surface area contributed by atoms with Crippen LogP contribution >= 0.6 is 0 Å². The van der Waals surface area contributed by atoms with E-state index >= 15 is 0 Å². The van der Waals surface area contributed by atoms with Crippen molar-refractivity contribution in [2.45, 2.75) is 58.2 Å². The molecule has 2 aromatic rings. The Morgan fingerprint density at radius 3 is 2.55 bits per heavy atom. The highest BCUT2D eigenvalue weighted by atomic mass is 19.3. The third-order valence-electron chi connectivity index (χ3n) is 6.06. The Bertz CT molecular complexity index is 948. The monoisotopic (exact) mass is 436 g/mol. The molecule has 1 aliphatic rings. The highest BCUT2D eigenvalue weighted by Crippen LogP contribution is 2.50. The summed E-state index contributed by atoms with van der Waals surface area (Å²) in [5, 5.41) is 2.79. The Balaban J connectivity index is 2.00. The first-order valence-electron chi connectivity index (χ1n) is 10.2. The fourth-order valence-electron chi connectivity index (χ4n) is 4.06. The van der Waals surface area contributed by atoms with E-state index in [9.17, 15) is 18.0 Å². The van der Waals surface area contributed by atoms with Gasteiger partial charge in [-0.3, -0.25) is 9.78 Å². The van der Waals surface area contributed by atoms with Gasteiger partial charge in [0, 0.05) is 17.2 Å². The number of nitrogens with zero attached hydrogens (tertiary/aromatic N) is 1. The lowest BCUT2D eigenvalue weighted by atomic mass is 9.77. The topological polar surface area (TPSA) is 60.5 Å². The summed E-state index contributed by atoms with van der Waals surface area (Å²) in [5.74, 6) is -2.59. The van der Waals surface area contributed by atoms with Crippen molar-refractivity contribution in [1.29, 1.82) is 0 Å². The van der Waals surface area contributed by atoms with Crippen molar-refractivity contribution >= 4 is 11.6 Å². The molecule has 0 spiro atoms. The number of nitrogens with one attached hydrogen (secondary N) is 1. The molecular formula is C23H27F3N2O3. The van der Waals surface area contributed by atoms with Crippen LogP contribution in [0.3, 0.4) is 0 Å². The first-order valence-corrected chi connectivity index (χ1v) is 10.2. The molecule has 5 nitrogen and oxygen atoms in total. The van der Waals surface area contributed by atoms with Crippen molar-refractivity contribution in [3.05, 3.63) is 53.1 Å². The van der Waals surface area contributed by atoms with Crippen molar-refractivity contribution in [2.24, 2.45) is 5.92 Å². The largest absolute Gasteiger partial charge is 0.496 e. The Kier molecular flexibility index (Phi) is 6.59. The van der Waals surface area contributed by atoms with Gasteiger partial charge in [0.25, 0.3) is 12.3 Å². The third-order valence-corrected chi connectivity index (χ3v) is 6.06. The number of pyridine rings is 1. The molecule has 3 rings (SSSR count). The van der Waals surface area contributed by atoms with Gasteiger partial charge in [0.1, 0.15) is 17.7 Å². The second kappa shape index (κ2) is 8.86. The minimum Gasteiger partial charge on any atom is -0.496 e. The average molecular weight is 436 g/mol. The number of hydrogen-bond donors (Lipinski definition) is 1. The summed E-state index contributed by atoms with van der Waals surface area (Å²) in [4.78, 5) is 17.4. The predicted molar refractivity (Wildman–Crippen MR) is 111 cm³/mol. The molecule has 1 aromatic heterocycles. The Hall–Kier alpha value is -2.61. The van der Waals surface area contributed by atoms with E-state index in [1.165, 1.54) is 13.2 Å². The number of benzene rings is 1. The smallest absolute Gasteiger partial charge is 0.270 e. The second-order valence-corrected chi connectivity index (χ2v) is 8.22. The van der Waals surface area contributed by atoms with Gasteiger partial charge in [-0.1, -0.05) is 19.9 Å². The van der Waals surface area contributed by atoms with Crippen molar-refractivity contribution in [2.75, 3.05) is 12.4 Å². The van der Waals surface area contributed by atoms with Crippen LogP contribution in [0.1, 0.15) is 56.9 Å². The van der Waals surface area contributed by atoms with Crippen LogP contribution in [0.25, 0.3) is 0 Å². The average Bonchev–Trinajstić information content (AvgIpc) is 2.97. The summed E-state index contributed by atoms with van der Waals surface area (Å²) >= 11 is 0. The fraction of sp³-hybridized carbons (Fsp3) is 0.478. The maximum Gasteiger partial charge on any atom is 0.270 e. The van der Waals surface area contributed by atoms with Gasteiger partial charge in [-0.2, -0.15) is 0 Å². The molecule has 31 heavy (non-hydrogen) atoms. The number of alkyl halides is 2. The summed E-state index contributed by atoms with van der Waals surface area (Å²) in [6.45, 7) is 7.52. The molecule has 168 valence electrons. The van der Waals surface area contributed by atoms with Crippen LogP contribution in [0.4, 0.5) is 18.9 Å². The molecule has 1 aliphatic heterocycles. The van der Waals surface area contributed by atoms with E-state index in [-0.39, 0.29) is 11.7 Å². The van der Waals surface area contributed by atoms with Crippen molar-refractivity contribution in [3.63, 3.8) is 0 Å². The van der Waals surface area contributed by atoms with Gasteiger partial charge >= 0.3 is 0 Å². The highest BCUT2D eigenvalue weighted by molar-refractivity contribution is 5.95. The molecule has 3 atom stereocenters. The standard InChI is InChI=1S/C23H27F3N2O3/c1-6-13-7-8-14(11-27-13)28-22(29)20-17(12(2)23(3,4)31-20)15-9-10-16(24)18(21(25)26)19(15)30-5/h7-12,17,20-21H,6H2,1-5H3,(H,28,29)/t12-,17-,20+/m0/s1. The maximum atomic E-state index is 14.1. The van der Waals surface area contributed by atoms with E-state index in [0.717, 1.165) is 18.2 Å². The minimum atomic E-state index is -3.06. The molecule has 1 saturated heterocycles. The number of halogens is 3. The number of aromatic nitrogens is 1. The number of carbonyl (C=O) groups is 1. The zero-order valence-corrected chi connectivity index (χ0v) is 18.2.